The van der Waals surface area contributed by atoms with E-state index in [0.717, 1.165) is 27.9 Å². The van der Waals surface area contributed by atoms with Crippen LogP contribution in [0.5, 0.6) is 5.75 Å². The first-order chi connectivity index (χ1) is 29.4. The second kappa shape index (κ2) is 20.9. The lowest BCUT2D eigenvalue weighted by Gasteiger charge is -2.52. The number of morpholine rings is 1. The Balaban J connectivity index is 1.73. The summed E-state index contributed by atoms with van der Waals surface area (Å²) < 4.78 is 46.4. The van der Waals surface area contributed by atoms with E-state index in [1.54, 1.807) is 39.5 Å². The van der Waals surface area contributed by atoms with Gasteiger partial charge >= 0.3 is 35.9 Å². The van der Waals surface area contributed by atoms with E-state index >= 15 is 0 Å². The molecule has 3 aliphatic rings. The van der Waals surface area contributed by atoms with Crippen molar-refractivity contribution in [2.45, 2.75) is 148 Å². The Labute approximate surface area is 367 Å². The molecule has 0 aromatic heterocycles. The van der Waals surface area contributed by atoms with Gasteiger partial charge in [-0.3, -0.25) is 28.8 Å². The quantitative estimate of drug-likeness (QED) is 0.146. The van der Waals surface area contributed by atoms with E-state index < -0.39 is 108 Å². The maximum absolute atomic E-state index is 14.2. The van der Waals surface area contributed by atoms with Crippen molar-refractivity contribution in [1.82, 2.24) is 20.9 Å². The minimum Gasteiger partial charge on any atom is -0.467 e. The molecule has 1 unspecified atom stereocenters. The second-order valence-corrected chi connectivity index (χ2v) is 17.4. The van der Waals surface area contributed by atoms with E-state index in [9.17, 15) is 38.4 Å². The van der Waals surface area contributed by atoms with Crippen LogP contribution in [-0.4, -0.2) is 146 Å². The van der Waals surface area contributed by atoms with Gasteiger partial charge in [0, 0.05) is 77.7 Å². The van der Waals surface area contributed by atoms with Crippen LogP contribution in [0.3, 0.4) is 0 Å². The van der Waals surface area contributed by atoms with Crippen LogP contribution in [0.2, 0.25) is 0 Å². The largest absolute Gasteiger partial charge is 0.467 e. The van der Waals surface area contributed by atoms with Gasteiger partial charge < -0.3 is 58.7 Å². The number of aryl methyl sites for hydroxylation is 2. The number of hydrogen-bond donors (Lipinski definition) is 3. The summed E-state index contributed by atoms with van der Waals surface area (Å²) in [6, 6.07) is 1.07. The molecule has 3 aliphatic heterocycles. The number of carbonyl (C=O) groups excluding carboxylic acids is 8. The maximum Gasteiger partial charge on any atom is 0.410 e. The molecule has 3 heterocycles. The van der Waals surface area contributed by atoms with Crippen LogP contribution in [0.25, 0.3) is 0 Å². The zero-order chi connectivity index (χ0) is 47.0. The molecular formula is C43H62N4O16. The first-order valence-corrected chi connectivity index (χ1v) is 20.8. The van der Waals surface area contributed by atoms with Gasteiger partial charge in [-0.25, -0.2) is 9.59 Å². The van der Waals surface area contributed by atoms with Gasteiger partial charge in [-0.05, 0) is 70.7 Å². The molecule has 1 aromatic rings. The number of amides is 3. The Morgan fingerprint density at radius 3 is 2.05 bits per heavy atom. The Morgan fingerprint density at radius 1 is 0.905 bits per heavy atom. The van der Waals surface area contributed by atoms with Gasteiger partial charge in [-0.2, -0.15) is 0 Å². The third-order valence-corrected chi connectivity index (χ3v) is 10.8. The number of nitrogens with zero attached hydrogens (tertiary/aromatic N) is 1. The zero-order valence-corrected chi connectivity index (χ0v) is 38.0. The molecule has 0 saturated carbocycles. The van der Waals surface area contributed by atoms with Crippen LogP contribution >= 0.6 is 0 Å². The summed E-state index contributed by atoms with van der Waals surface area (Å²) in [5.74, 6) is -4.92. The van der Waals surface area contributed by atoms with E-state index in [4.69, 9.17) is 37.9 Å². The van der Waals surface area contributed by atoms with Crippen LogP contribution in [0.1, 0.15) is 103 Å². The minimum absolute atomic E-state index is 0.105. The van der Waals surface area contributed by atoms with Crippen molar-refractivity contribution < 1.29 is 76.3 Å². The lowest BCUT2D eigenvalue weighted by atomic mass is 9.78. The van der Waals surface area contributed by atoms with Crippen molar-refractivity contribution >= 4 is 47.8 Å². The molecular weight excluding hydrogens is 828 g/mol. The number of nitrogens with one attached hydrogen (secondary N) is 3. The molecule has 4 rings (SSSR count). The van der Waals surface area contributed by atoms with Gasteiger partial charge in [0.15, 0.2) is 17.8 Å². The molecule has 0 aliphatic carbocycles. The van der Waals surface area contributed by atoms with Crippen LogP contribution < -0.4 is 20.7 Å². The van der Waals surface area contributed by atoms with Gasteiger partial charge in [0.1, 0.15) is 23.6 Å². The van der Waals surface area contributed by atoms with Crippen molar-refractivity contribution in [3.8, 4) is 5.75 Å². The normalized spacial score (nSPS) is 24.1. The van der Waals surface area contributed by atoms with Crippen LogP contribution in [0, 0.1) is 13.8 Å². The molecule has 7 atom stereocenters. The van der Waals surface area contributed by atoms with Crippen molar-refractivity contribution in [3.05, 3.63) is 28.8 Å². The number of likely N-dealkylation sites (tertiary alicyclic amines) is 1. The Morgan fingerprint density at radius 2 is 1.52 bits per heavy atom. The molecule has 1 spiro atoms. The molecule has 3 fully saturated rings. The van der Waals surface area contributed by atoms with Crippen LogP contribution in [-0.2, 0) is 61.9 Å². The number of piperidine rings is 1. The minimum atomic E-state index is -1.98. The highest BCUT2D eigenvalue weighted by molar-refractivity contribution is 5.95. The molecule has 3 saturated heterocycles. The van der Waals surface area contributed by atoms with E-state index in [1.807, 2.05) is 0 Å². The van der Waals surface area contributed by atoms with Gasteiger partial charge in [0.2, 0.25) is 5.91 Å². The number of hydrogen-bond acceptors (Lipinski definition) is 17. The Kier molecular flexibility index (Phi) is 16.7. The zero-order valence-electron chi connectivity index (χ0n) is 38.0. The van der Waals surface area contributed by atoms with Gasteiger partial charge in [0.05, 0.1) is 32.9 Å². The molecule has 20 nitrogen and oxygen atoms in total. The summed E-state index contributed by atoms with van der Waals surface area (Å²) in [6.07, 6.45) is -6.07. The fraction of sp³-hybridized carbons (Fsp3) is 0.674. The molecule has 0 bridgehead atoms. The first-order valence-electron chi connectivity index (χ1n) is 20.8. The molecule has 1 aromatic carbocycles. The number of methoxy groups -OCH3 is 1. The summed E-state index contributed by atoms with van der Waals surface area (Å²) in [5.41, 5.74) is -2.13. The summed E-state index contributed by atoms with van der Waals surface area (Å²) in [4.78, 5) is 105. The van der Waals surface area contributed by atoms with Gasteiger partial charge in [0.25, 0.3) is 5.91 Å². The molecule has 0 radical (unpaired) electrons. The average molecular weight is 891 g/mol. The maximum atomic E-state index is 14.2. The summed E-state index contributed by atoms with van der Waals surface area (Å²) >= 11 is 0. The highest BCUT2D eigenvalue weighted by Gasteiger charge is 2.59. The van der Waals surface area contributed by atoms with Gasteiger partial charge in [-0.1, -0.05) is 0 Å². The first kappa shape index (κ1) is 50.3. The molecule has 350 valence electrons. The van der Waals surface area contributed by atoms with Crippen molar-refractivity contribution in [1.29, 1.82) is 0 Å². The average Bonchev–Trinajstić information content (AvgIpc) is 3.16. The summed E-state index contributed by atoms with van der Waals surface area (Å²) in [7, 11) is 1.14. The lowest BCUT2D eigenvalue weighted by Crippen LogP contribution is -2.71. The topological polar surface area (TPSA) is 250 Å². The number of carbonyl (C=O) groups is 8. The smallest absolute Gasteiger partial charge is 0.410 e. The standard InChI is InChI=1S/C43H62N4O16/c1-23-16-30(17-24(2)35(23)60-28(6)51)38(53)44-20-33(59-27(5)50)36(61-29(7)52)37-34(45-25(3)48)32(58-26(4)49)19-43(62-37,39(54)56-11)18-31-21-57-22-42(46-31)12-14-47(15-13-42)40(55)63-41(8,9)10/h16-17,31-34,36-37,46H,12-15,18-22H2,1-11H3,(H,44,53)(H,45,48)/t31?,32-,33+,34+,36+,37+,43+/m0/s1. The van der Waals surface area contributed by atoms with Gasteiger partial charge in [-0.15, -0.1) is 0 Å². The van der Waals surface area contributed by atoms with E-state index in [-0.39, 0.29) is 30.8 Å². The predicted octanol–water partition coefficient (Wildman–Crippen LogP) is 2.11. The molecule has 3 N–H and O–H groups in total. The van der Waals surface area contributed by atoms with E-state index in [2.05, 4.69) is 16.0 Å². The number of benzene rings is 1. The second-order valence-electron chi connectivity index (χ2n) is 17.4. The fourth-order valence-corrected chi connectivity index (χ4v) is 8.41. The molecule has 3 amide bonds. The summed E-state index contributed by atoms with van der Waals surface area (Å²) in [5, 5.41) is 9.03. The van der Waals surface area contributed by atoms with Crippen LogP contribution in [0.4, 0.5) is 4.79 Å². The third kappa shape index (κ3) is 13.6. The number of ether oxygens (including phenoxy) is 8. The predicted molar refractivity (Wildman–Crippen MR) is 220 cm³/mol. The van der Waals surface area contributed by atoms with E-state index in [1.165, 1.54) is 26.0 Å². The van der Waals surface area contributed by atoms with Crippen molar-refractivity contribution in [3.63, 3.8) is 0 Å². The SMILES string of the molecule is COC(=O)[C@@]1(CC2COCC3(CCN(C(=O)OC(C)(C)C)CC3)N2)C[C@H](OC(C)=O)[C@@H](NC(C)=O)[C@H]([C@H](OC(C)=O)[C@@H](CNC(=O)c2cc(C)c(OC(C)=O)c(C)c2)OC(C)=O)O1. The lowest BCUT2D eigenvalue weighted by molar-refractivity contribution is -0.243. The van der Waals surface area contributed by atoms with E-state index in [0.29, 0.717) is 43.7 Å². The van der Waals surface area contributed by atoms with Crippen LogP contribution in [0.15, 0.2) is 12.1 Å². The molecule has 63 heavy (non-hydrogen) atoms. The highest BCUT2D eigenvalue weighted by atomic mass is 16.6. The van der Waals surface area contributed by atoms with Crippen molar-refractivity contribution in [2.24, 2.45) is 0 Å². The number of esters is 5. The fourth-order valence-electron chi connectivity index (χ4n) is 8.41. The Hall–Kier alpha value is -5.34. The third-order valence-electron chi connectivity index (χ3n) is 10.8. The Bertz CT molecular complexity index is 1880. The molecule has 20 heteroatoms. The van der Waals surface area contributed by atoms with Crippen molar-refractivity contribution in [2.75, 3.05) is 40.0 Å². The summed E-state index contributed by atoms with van der Waals surface area (Å²) in [6.45, 7) is 15.1. The monoisotopic (exact) mass is 890 g/mol. The highest BCUT2D eigenvalue weighted by Crippen LogP contribution is 2.40. The number of rotatable bonds is 13.